The Morgan fingerprint density at radius 1 is 1.53 bits per heavy atom. The van der Waals surface area contributed by atoms with Gasteiger partial charge < -0.3 is 10.4 Å². The predicted molar refractivity (Wildman–Crippen MR) is 65.3 cm³/mol. The molecular weight excluding hydrogens is 219 g/mol. The number of aliphatic hydroxyl groups is 1. The van der Waals surface area contributed by atoms with Crippen LogP contribution in [0.3, 0.4) is 0 Å². The minimum Gasteiger partial charge on any atom is -0.394 e. The summed E-state index contributed by atoms with van der Waals surface area (Å²) in [5.74, 6) is 0.220. The second-order valence-corrected chi connectivity index (χ2v) is 5.11. The standard InChI is InChI=1S/C13H19FN2O/c1-10-2-5-13(9-17,6-3-10)16-11-4-7-15-12(14)8-11/h4,7-8,10,17H,2-3,5-6,9H2,1H3,(H,15,16). The molecule has 0 spiro atoms. The second kappa shape index (κ2) is 5.00. The fraction of sp³-hybridized carbons (Fsp3) is 0.615. The third-order valence-corrected chi connectivity index (χ3v) is 3.67. The van der Waals surface area contributed by atoms with Crippen LogP contribution in [0.15, 0.2) is 18.3 Å². The molecule has 2 N–H and O–H groups in total. The molecule has 1 aromatic rings. The van der Waals surface area contributed by atoms with E-state index in [1.54, 1.807) is 6.07 Å². The van der Waals surface area contributed by atoms with Gasteiger partial charge in [-0.05, 0) is 37.7 Å². The van der Waals surface area contributed by atoms with E-state index in [0.717, 1.165) is 25.7 Å². The number of pyridine rings is 1. The van der Waals surface area contributed by atoms with E-state index in [-0.39, 0.29) is 12.1 Å². The van der Waals surface area contributed by atoms with Crippen molar-refractivity contribution in [2.75, 3.05) is 11.9 Å². The van der Waals surface area contributed by atoms with Gasteiger partial charge in [-0.1, -0.05) is 6.92 Å². The number of nitrogens with one attached hydrogen (secondary N) is 1. The lowest BCUT2D eigenvalue weighted by molar-refractivity contribution is 0.155. The van der Waals surface area contributed by atoms with Crippen molar-refractivity contribution in [2.45, 2.75) is 38.1 Å². The Hall–Kier alpha value is -1.16. The van der Waals surface area contributed by atoms with Crippen molar-refractivity contribution in [1.82, 2.24) is 4.98 Å². The van der Waals surface area contributed by atoms with E-state index in [0.29, 0.717) is 11.6 Å². The van der Waals surface area contributed by atoms with Crippen LogP contribution in [0.2, 0.25) is 0 Å². The Balaban J connectivity index is 2.09. The van der Waals surface area contributed by atoms with E-state index in [4.69, 9.17) is 0 Å². The Morgan fingerprint density at radius 3 is 2.82 bits per heavy atom. The maximum Gasteiger partial charge on any atom is 0.214 e. The molecule has 94 valence electrons. The van der Waals surface area contributed by atoms with Crippen LogP contribution in [0.5, 0.6) is 0 Å². The number of anilines is 1. The summed E-state index contributed by atoms with van der Waals surface area (Å²) in [6, 6.07) is 3.11. The van der Waals surface area contributed by atoms with Gasteiger partial charge in [-0.3, -0.25) is 0 Å². The molecule has 1 fully saturated rings. The monoisotopic (exact) mass is 238 g/mol. The van der Waals surface area contributed by atoms with Gasteiger partial charge in [0.05, 0.1) is 12.1 Å². The van der Waals surface area contributed by atoms with Crippen molar-refractivity contribution < 1.29 is 9.50 Å². The van der Waals surface area contributed by atoms with Crippen LogP contribution in [-0.2, 0) is 0 Å². The van der Waals surface area contributed by atoms with Crippen LogP contribution in [-0.4, -0.2) is 22.2 Å². The van der Waals surface area contributed by atoms with E-state index in [9.17, 15) is 9.50 Å². The lowest BCUT2D eigenvalue weighted by atomic mass is 9.77. The van der Waals surface area contributed by atoms with Gasteiger partial charge in [0.15, 0.2) is 0 Å². The summed E-state index contributed by atoms with van der Waals surface area (Å²) in [6.07, 6.45) is 5.49. The summed E-state index contributed by atoms with van der Waals surface area (Å²) >= 11 is 0. The molecule has 1 saturated carbocycles. The molecule has 0 amide bonds. The summed E-state index contributed by atoms with van der Waals surface area (Å²) in [7, 11) is 0. The van der Waals surface area contributed by atoms with Gasteiger partial charge in [-0.25, -0.2) is 4.98 Å². The zero-order valence-electron chi connectivity index (χ0n) is 10.1. The average molecular weight is 238 g/mol. The number of aliphatic hydroxyl groups excluding tert-OH is 1. The lowest BCUT2D eigenvalue weighted by Gasteiger charge is -2.39. The zero-order valence-corrected chi connectivity index (χ0v) is 10.1. The van der Waals surface area contributed by atoms with E-state index >= 15 is 0 Å². The minimum absolute atomic E-state index is 0.0870. The van der Waals surface area contributed by atoms with Gasteiger partial charge in [0, 0.05) is 18.0 Å². The van der Waals surface area contributed by atoms with E-state index < -0.39 is 5.95 Å². The molecule has 1 aromatic heterocycles. The first kappa shape index (κ1) is 12.3. The second-order valence-electron chi connectivity index (χ2n) is 5.11. The molecule has 0 aliphatic heterocycles. The predicted octanol–water partition coefficient (Wildman–Crippen LogP) is 2.57. The van der Waals surface area contributed by atoms with Crippen molar-refractivity contribution in [1.29, 1.82) is 0 Å². The largest absolute Gasteiger partial charge is 0.394 e. The van der Waals surface area contributed by atoms with Gasteiger partial charge >= 0.3 is 0 Å². The molecule has 1 heterocycles. The van der Waals surface area contributed by atoms with Crippen LogP contribution in [0.25, 0.3) is 0 Å². The molecule has 2 rings (SSSR count). The number of halogens is 1. The fourth-order valence-corrected chi connectivity index (χ4v) is 2.42. The topological polar surface area (TPSA) is 45.1 Å². The first-order valence-electron chi connectivity index (χ1n) is 6.14. The van der Waals surface area contributed by atoms with E-state index in [1.165, 1.54) is 12.3 Å². The van der Waals surface area contributed by atoms with Gasteiger partial charge in [-0.2, -0.15) is 4.39 Å². The van der Waals surface area contributed by atoms with Crippen molar-refractivity contribution in [3.63, 3.8) is 0 Å². The Labute approximate surface area is 101 Å². The Morgan fingerprint density at radius 2 is 2.24 bits per heavy atom. The number of aromatic nitrogens is 1. The highest BCUT2D eigenvalue weighted by atomic mass is 19.1. The number of rotatable bonds is 3. The van der Waals surface area contributed by atoms with Crippen molar-refractivity contribution >= 4 is 5.69 Å². The SMILES string of the molecule is CC1CCC(CO)(Nc2ccnc(F)c2)CC1. The van der Waals surface area contributed by atoms with Crippen LogP contribution in [0, 0.1) is 11.9 Å². The minimum atomic E-state index is -0.493. The molecule has 0 saturated heterocycles. The fourth-order valence-electron chi connectivity index (χ4n) is 2.42. The normalized spacial score (nSPS) is 29.0. The summed E-state index contributed by atoms with van der Waals surface area (Å²) in [4.78, 5) is 3.52. The van der Waals surface area contributed by atoms with Crippen molar-refractivity contribution in [3.8, 4) is 0 Å². The molecule has 0 atom stereocenters. The molecule has 1 aliphatic rings. The van der Waals surface area contributed by atoms with Crippen LogP contribution < -0.4 is 5.32 Å². The zero-order chi connectivity index (χ0) is 12.3. The molecule has 0 bridgehead atoms. The number of nitrogens with zero attached hydrogens (tertiary/aromatic N) is 1. The third-order valence-electron chi connectivity index (χ3n) is 3.67. The summed E-state index contributed by atoms with van der Waals surface area (Å²) in [6.45, 7) is 2.32. The van der Waals surface area contributed by atoms with Crippen LogP contribution >= 0.6 is 0 Å². The van der Waals surface area contributed by atoms with Gasteiger partial charge in [0.25, 0.3) is 0 Å². The first-order valence-corrected chi connectivity index (χ1v) is 6.14. The van der Waals surface area contributed by atoms with Gasteiger partial charge in [0.1, 0.15) is 0 Å². The molecule has 0 aromatic carbocycles. The lowest BCUT2D eigenvalue weighted by Crippen LogP contribution is -2.45. The van der Waals surface area contributed by atoms with E-state index in [1.807, 2.05) is 0 Å². The van der Waals surface area contributed by atoms with Crippen LogP contribution in [0.1, 0.15) is 32.6 Å². The average Bonchev–Trinajstić information content (AvgIpc) is 2.33. The maximum atomic E-state index is 13.0. The van der Waals surface area contributed by atoms with Crippen molar-refractivity contribution in [2.24, 2.45) is 5.92 Å². The molecular formula is C13H19FN2O. The van der Waals surface area contributed by atoms with Gasteiger partial charge in [0.2, 0.25) is 5.95 Å². The molecule has 0 unspecified atom stereocenters. The molecule has 3 nitrogen and oxygen atoms in total. The van der Waals surface area contributed by atoms with E-state index in [2.05, 4.69) is 17.2 Å². The molecule has 0 radical (unpaired) electrons. The Bertz CT molecular complexity index is 375. The quantitative estimate of drug-likeness (QED) is 0.795. The number of hydrogen-bond donors (Lipinski definition) is 2. The number of hydrogen-bond acceptors (Lipinski definition) is 3. The molecule has 17 heavy (non-hydrogen) atoms. The summed E-state index contributed by atoms with van der Waals surface area (Å²) in [5, 5.41) is 12.9. The highest BCUT2D eigenvalue weighted by Crippen LogP contribution is 2.34. The first-order chi connectivity index (χ1) is 8.13. The molecule has 1 aliphatic carbocycles. The maximum absolute atomic E-state index is 13.0. The Kier molecular flexibility index (Phi) is 3.62. The van der Waals surface area contributed by atoms with Crippen LogP contribution in [0.4, 0.5) is 10.1 Å². The highest BCUT2D eigenvalue weighted by molar-refractivity contribution is 5.44. The third kappa shape index (κ3) is 2.94. The van der Waals surface area contributed by atoms with Crippen molar-refractivity contribution in [3.05, 3.63) is 24.3 Å². The van der Waals surface area contributed by atoms with Gasteiger partial charge in [-0.15, -0.1) is 0 Å². The highest BCUT2D eigenvalue weighted by Gasteiger charge is 2.33. The summed E-state index contributed by atoms with van der Waals surface area (Å²) < 4.78 is 13.0. The smallest absolute Gasteiger partial charge is 0.214 e. The summed E-state index contributed by atoms with van der Waals surface area (Å²) in [5.41, 5.74) is 0.404. The molecule has 4 heteroatoms.